The molecule has 0 radical (unpaired) electrons. The van der Waals surface area contributed by atoms with Gasteiger partial charge in [-0.25, -0.2) is 0 Å². The third kappa shape index (κ3) is 20.2. The zero-order chi connectivity index (χ0) is 15.6. The monoisotopic (exact) mass is 292 g/mol. The highest BCUT2D eigenvalue weighted by Gasteiger charge is 2.01. The van der Waals surface area contributed by atoms with E-state index < -0.39 is 6.10 Å². The molecule has 4 heteroatoms. The molecule has 0 aromatic carbocycles. The maximum atomic E-state index is 9.12. The van der Waals surface area contributed by atoms with E-state index in [0.717, 1.165) is 25.7 Å². The van der Waals surface area contributed by atoms with Crippen LogP contribution in [0.1, 0.15) is 78.1 Å². The van der Waals surface area contributed by atoms with Crippen LogP contribution in [-0.2, 0) is 0 Å². The van der Waals surface area contributed by atoms with Gasteiger partial charge in [0.05, 0.1) is 18.8 Å². The Morgan fingerprint density at radius 3 is 1.65 bits per heavy atom. The molecule has 0 heterocycles. The molecule has 0 saturated heterocycles. The fourth-order valence-corrected chi connectivity index (χ4v) is 1.82. The van der Waals surface area contributed by atoms with Gasteiger partial charge in [-0.05, 0) is 19.3 Å². The van der Waals surface area contributed by atoms with Crippen LogP contribution in [0.4, 0.5) is 0 Å². The molecule has 0 aromatic rings. The van der Waals surface area contributed by atoms with E-state index in [1.165, 1.54) is 32.1 Å². The second-order valence-corrected chi connectivity index (χ2v) is 5.35. The van der Waals surface area contributed by atoms with Crippen molar-refractivity contribution in [2.75, 3.05) is 13.2 Å². The minimum absolute atomic E-state index is 0.0911. The first-order valence-corrected chi connectivity index (χ1v) is 8.20. The predicted molar refractivity (Wildman–Crippen MR) is 83.7 cm³/mol. The van der Waals surface area contributed by atoms with Gasteiger partial charge in [-0.3, -0.25) is 0 Å². The second-order valence-electron chi connectivity index (χ2n) is 5.35. The largest absolute Gasteiger partial charge is 0.396 e. The molecule has 124 valence electrons. The Balaban J connectivity index is 0. The van der Waals surface area contributed by atoms with Crippen LogP contribution in [0.5, 0.6) is 0 Å². The summed E-state index contributed by atoms with van der Waals surface area (Å²) in [6, 6.07) is 0. The average molecular weight is 292 g/mol. The van der Waals surface area contributed by atoms with E-state index >= 15 is 0 Å². The maximum absolute atomic E-state index is 9.12. The number of aliphatic hydroxyl groups is 4. The van der Waals surface area contributed by atoms with E-state index in [9.17, 15) is 0 Å². The summed E-state index contributed by atoms with van der Waals surface area (Å²) in [6.07, 6.45) is 9.46. The fraction of sp³-hybridized carbons (Fsp3) is 1.00. The normalized spacial score (nSPS) is 13.5. The smallest absolute Gasteiger partial charge is 0.0770 e. The molecule has 2 unspecified atom stereocenters. The molecule has 0 saturated carbocycles. The topological polar surface area (TPSA) is 80.9 Å². The summed E-state index contributed by atoms with van der Waals surface area (Å²) in [5, 5.41) is 34.9. The number of hydrogen-bond donors (Lipinski definition) is 4. The Labute approximate surface area is 124 Å². The van der Waals surface area contributed by atoms with Crippen molar-refractivity contribution in [3.05, 3.63) is 0 Å². The van der Waals surface area contributed by atoms with Crippen molar-refractivity contribution in [2.24, 2.45) is 0 Å². The summed E-state index contributed by atoms with van der Waals surface area (Å²) in [6.45, 7) is 4.31. The summed E-state index contributed by atoms with van der Waals surface area (Å²) < 4.78 is 0. The Kier molecular flexibility index (Phi) is 20.8. The lowest BCUT2D eigenvalue weighted by Gasteiger charge is -2.06. The highest BCUT2D eigenvalue weighted by Crippen LogP contribution is 2.05. The van der Waals surface area contributed by atoms with Crippen molar-refractivity contribution in [3.63, 3.8) is 0 Å². The fourth-order valence-electron chi connectivity index (χ4n) is 1.82. The van der Waals surface area contributed by atoms with E-state index in [4.69, 9.17) is 20.4 Å². The second kappa shape index (κ2) is 18.8. The SMILES string of the molecule is CCCCCC(O)CCO.CCCCCCC(O)CO. The Morgan fingerprint density at radius 1 is 0.650 bits per heavy atom. The lowest BCUT2D eigenvalue weighted by molar-refractivity contribution is 0.0860. The molecule has 0 aliphatic rings. The van der Waals surface area contributed by atoms with E-state index in [0.29, 0.717) is 6.42 Å². The van der Waals surface area contributed by atoms with Crippen molar-refractivity contribution < 1.29 is 20.4 Å². The number of rotatable bonds is 12. The standard InChI is InChI=1S/2C8H18O2/c1-2-3-4-5-8(10)6-7-9;1-2-3-4-5-6-8(10)7-9/h2*8-10H,2-7H2,1H3. The lowest BCUT2D eigenvalue weighted by atomic mass is 10.1. The molecule has 0 amide bonds. The Bertz CT molecular complexity index is 165. The van der Waals surface area contributed by atoms with Gasteiger partial charge in [0.25, 0.3) is 0 Å². The Morgan fingerprint density at radius 2 is 1.15 bits per heavy atom. The molecule has 4 nitrogen and oxygen atoms in total. The van der Waals surface area contributed by atoms with E-state index in [1.54, 1.807) is 0 Å². The van der Waals surface area contributed by atoms with Crippen LogP contribution in [0.15, 0.2) is 0 Å². The maximum Gasteiger partial charge on any atom is 0.0770 e. The Hall–Kier alpha value is -0.160. The van der Waals surface area contributed by atoms with E-state index in [-0.39, 0.29) is 19.3 Å². The molecule has 0 rings (SSSR count). The molecule has 0 aliphatic carbocycles. The van der Waals surface area contributed by atoms with Crippen molar-refractivity contribution in [2.45, 2.75) is 90.3 Å². The van der Waals surface area contributed by atoms with Crippen molar-refractivity contribution in [1.29, 1.82) is 0 Å². The third-order valence-corrected chi connectivity index (χ3v) is 3.20. The van der Waals surface area contributed by atoms with Gasteiger partial charge < -0.3 is 20.4 Å². The molecule has 4 N–H and O–H groups in total. The van der Waals surface area contributed by atoms with Crippen LogP contribution in [0.25, 0.3) is 0 Å². The first-order chi connectivity index (χ1) is 9.62. The molecule has 0 fully saturated rings. The van der Waals surface area contributed by atoms with Crippen LogP contribution < -0.4 is 0 Å². The molecular formula is C16H36O4. The lowest BCUT2D eigenvalue weighted by Crippen LogP contribution is -2.10. The van der Waals surface area contributed by atoms with Crippen molar-refractivity contribution >= 4 is 0 Å². The van der Waals surface area contributed by atoms with E-state index in [1.807, 2.05) is 0 Å². The zero-order valence-electron chi connectivity index (χ0n) is 13.4. The van der Waals surface area contributed by atoms with Crippen LogP contribution in [0.3, 0.4) is 0 Å². The van der Waals surface area contributed by atoms with Gasteiger partial charge in [-0.15, -0.1) is 0 Å². The molecule has 0 spiro atoms. The van der Waals surface area contributed by atoms with Gasteiger partial charge in [0.15, 0.2) is 0 Å². The summed E-state index contributed by atoms with van der Waals surface area (Å²) in [4.78, 5) is 0. The van der Waals surface area contributed by atoms with Gasteiger partial charge in [0.1, 0.15) is 0 Å². The molecule has 0 bridgehead atoms. The average Bonchev–Trinajstić information content (AvgIpc) is 2.44. The van der Waals surface area contributed by atoms with Crippen LogP contribution in [0.2, 0.25) is 0 Å². The zero-order valence-corrected chi connectivity index (χ0v) is 13.4. The first-order valence-electron chi connectivity index (χ1n) is 8.20. The summed E-state index contributed by atoms with van der Waals surface area (Å²) >= 11 is 0. The van der Waals surface area contributed by atoms with E-state index in [2.05, 4.69) is 13.8 Å². The molecule has 2 atom stereocenters. The summed E-state index contributed by atoms with van der Waals surface area (Å²) in [5.41, 5.74) is 0. The highest BCUT2D eigenvalue weighted by atomic mass is 16.3. The third-order valence-electron chi connectivity index (χ3n) is 3.20. The number of hydrogen-bond acceptors (Lipinski definition) is 4. The number of aliphatic hydroxyl groups excluding tert-OH is 4. The summed E-state index contributed by atoms with van der Waals surface area (Å²) in [7, 11) is 0. The van der Waals surface area contributed by atoms with Crippen molar-refractivity contribution in [1.82, 2.24) is 0 Å². The van der Waals surface area contributed by atoms with Crippen LogP contribution in [0, 0.1) is 0 Å². The van der Waals surface area contributed by atoms with Crippen LogP contribution >= 0.6 is 0 Å². The minimum Gasteiger partial charge on any atom is -0.396 e. The van der Waals surface area contributed by atoms with Gasteiger partial charge >= 0.3 is 0 Å². The van der Waals surface area contributed by atoms with Crippen LogP contribution in [-0.4, -0.2) is 45.8 Å². The quantitative estimate of drug-likeness (QED) is 0.417. The molecule has 0 aromatic heterocycles. The number of unbranched alkanes of at least 4 members (excludes halogenated alkanes) is 5. The predicted octanol–water partition coefficient (Wildman–Crippen LogP) is 2.62. The summed E-state index contributed by atoms with van der Waals surface area (Å²) in [5.74, 6) is 0. The minimum atomic E-state index is -0.489. The van der Waals surface area contributed by atoms with Gasteiger partial charge in [-0.1, -0.05) is 58.8 Å². The van der Waals surface area contributed by atoms with Gasteiger partial charge in [-0.2, -0.15) is 0 Å². The van der Waals surface area contributed by atoms with Gasteiger partial charge in [0.2, 0.25) is 0 Å². The van der Waals surface area contributed by atoms with Crippen molar-refractivity contribution in [3.8, 4) is 0 Å². The first kappa shape index (κ1) is 22.1. The molecule has 20 heavy (non-hydrogen) atoms. The molecular weight excluding hydrogens is 256 g/mol. The van der Waals surface area contributed by atoms with Gasteiger partial charge in [0, 0.05) is 6.61 Å². The highest BCUT2D eigenvalue weighted by molar-refractivity contribution is 4.54. The molecule has 0 aliphatic heterocycles.